The quantitative estimate of drug-likeness (QED) is 0.799. The van der Waals surface area contributed by atoms with Gasteiger partial charge in [-0.25, -0.2) is 9.97 Å². The molecule has 112 valence electrons. The predicted molar refractivity (Wildman–Crippen MR) is 84.8 cm³/mol. The highest BCUT2D eigenvalue weighted by atomic mass is 35.5. The maximum atomic E-state index is 6.26. The van der Waals surface area contributed by atoms with Gasteiger partial charge in [0.05, 0.1) is 0 Å². The molecule has 1 aromatic rings. The van der Waals surface area contributed by atoms with E-state index in [1.807, 2.05) is 6.92 Å². The van der Waals surface area contributed by atoms with Crippen LogP contribution in [0.5, 0.6) is 0 Å². The van der Waals surface area contributed by atoms with Crippen LogP contribution in [0.2, 0.25) is 5.15 Å². The van der Waals surface area contributed by atoms with Crippen molar-refractivity contribution in [2.24, 2.45) is 0 Å². The fourth-order valence-electron chi connectivity index (χ4n) is 2.74. The van der Waals surface area contributed by atoms with Crippen LogP contribution in [0.3, 0.4) is 0 Å². The monoisotopic (exact) mass is 296 g/mol. The standard InChI is InChI=1S/C15H25ClN4/c1-10(2)14-17-13(16)11(3)15(18-14)20(5)9-12-7-6-8-19(12)4/h10,12H,6-9H2,1-5H3. The predicted octanol–water partition coefficient (Wildman–Crippen LogP) is 3.09. The summed E-state index contributed by atoms with van der Waals surface area (Å²) in [7, 11) is 4.30. The van der Waals surface area contributed by atoms with Gasteiger partial charge in [-0.3, -0.25) is 0 Å². The van der Waals surface area contributed by atoms with Crippen molar-refractivity contribution in [1.29, 1.82) is 0 Å². The summed E-state index contributed by atoms with van der Waals surface area (Å²) in [6, 6.07) is 0.607. The van der Waals surface area contributed by atoms with Gasteiger partial charge in [0.2, 0.25) is 0 Å². The van der Waals surface area contributed by atoms with Crippen LogP contribution < -0.4 is 4.90 Å². The molecule has 1 saturated heterocycles. The van der Waals surface area contributed by atoms with Gasteiger partial charge in [0, 0.05) is 31.1 Å². The molecule has 0 amide bonds. The van der Waals surface area contributed by atoms with Crippen molar-refractivity contribution in [2.45, 2.75) is 45.6 Å². The molecule has 0 aliphatic carbocycles. The average Bonchev–Trinajstić information content (AvgIpc) is 2.77. The highest BCUT2D eigenvalue weighted by Gasteiger charge is 2.24. The van der Waals surface area contributed by atoms with Gasteiger partial charge in [-0.05, 0) is 33.4 Å². The third-order valence-corrected chi connectivity index (χ3v) is 4.48. The molecule has 4 nitrogen and oxygen atoms in total. The van der Waals surface area contributed by atoms with E-state index in [2.05, 4.69) is 42.7 Å². The summed E-state index contributed by atoms with van der Waals surface area (Å²) in [6.07, 6.45) is 2.55. The molecule has 0 aromatic carbocycles. The van der Waals surface area contributed by atoms with E-state index in [-0.39, 0.29) is 5.92 Å². The van der Waals surface area contributed by atoms with E-state index in [9.17, 15) is 0 Å². The van der Waals surface area contributed by atoms with Crippen molar-refractivity contribution < 1.29 is 0 Å². The Balaban J connectivity index is 2.22. The molecule has 1 fully saturated rings. The van der Waals surface area contributed by atoms with Crippen molar-refractivity contribution in [1.82, 2.24) is 14.9 Å². The summed E-state index contributed by atoms with van der Waals surface area (Å²) >= 11 is 6.26. The summed E-state index contributed by atoms with van der Waals surface area (Å²) in [5.41, 5.74) is 0.971. The highest BCUT2D eigenvalue weighted by Crippen LogP contribution is 2.26. The molecule has 1 unspecified atom stereocenters. The number of nitrogens with zero attached hydrogens (tertiary/aromatic N) is 4. The normalized spacial score (nSPS) is 19.9. The summed E-state index contributed by atoms with van der Waals surface area (Å²) in [4.78, 5) is 13.7. The van der Waals surface area contributed by atoms with Gasteiger partial charge >= 0.3 is 0 Å². The Morgan fingerprint density at radius 1 is 1.40 bits per heavy atom. The molecule has 2 heterocycles. The smallest absolute Gasteiger partial charge is 0.137 e. The molecule has 1 atom stereocenters. The van der Waals surface area contributed by atoms with Gasteiger partial charge in [0.15, 0.2) is 0 Å². The van der Waals surface area contributed by atoms with E-state index in [1.165, 1.54) is 19.4 Å². The van der Waals surface area contributed by atoms with Crippen LogP contribution in [-0.4, -0.2) is 48.1 Å². The number of likely N-dealkylation sites (tertiary alicyclic amines) is 1. The second-order valence-electron chi connectivity index (χ2n) is 6.13. The molecule has 0 saturated carbocycles. The SMILES string of the molecule is Cc1c(Cl)nc(C(C)C)nc1N(C)CC1CCCN1C. The second kappa shape index (κ2) is 6.27. The minimum absolute atomic E-state index is 0.286. The molecule has 5 heteroatoms. The Bertz CT molecular complexity index is 475. The van der Waals surface area contributed by atoms with Crippen LogP contribution in [0.15, 0.2) is 0 Å². The molecule has 1 aromatic heterocycles. The summed E-state index contributed by atoms with van der Waals surface area (Å²) in [5, 5.41) is 0.574. The van der Waals surface area contributed by atoms with E-state index in [4.69, 9.17) is 16.6 Å². The van der Waals surface area contributed by atoms with Gasteiger partial charge in [0.1, 0.15) is 16.8 Å². The Hall–Kier alpha value is -0.870. The van der Waals surface area contributed by atoms with Crippen LogP contribution >= 0.6 is 11.6 Å². The first kappa shape index (κ1) is 15.5. The first-order valence-electron chi connectivity index (χ1n) is 7.35. The van der Waals surface area contributed by atoms with Crippen molar-refractivity contribution in [3.8, 4) is 0 Å². The maximum Gasteiger partial charge on any atom is 0.137 e. The molecular formula is C15H25ClN4. The first-order valence-corrected chi connectivity index (χ1v) is 7.73. The van der Waals surface area contributed by atoms with Crippen LogP contribution in [-0.2, 0) is 0 Å². The number of hydrogen-bond acceptors (Lipinski definition) is 4. The van der Waals surface area contributed by atoms with Crippen LogP contribution in [0.4, 0.5) is 5.82 Å². The third kappa shape index (κ3) is 3.23. The van der Waals surface area contributed by atoms with Crippen molar-refractivity contribution in [3.05, 3.63) is 16.5 Å². The summed E-state index contributed by atoms with van der Waals surface area (Å²) in [6.45, 7) is 8.36. The lowest BCUT2D eigenvalue weighted by Crippen LogP contribution is -2.37. The molecule has 20 heavy (non-hydrogen) atoms. The third-order valence-electron chi connectivity index (χ3n) is 4.11. The van der Waals surface area contributed by atoms with E-state index in [0.29, 0.717) is 11.2 Å². The number of anilines is 1. The van der Waals surface area contributed by atoms with Gasteiger partial charge in [-0.2, -0.15) is 0 Å². The van der Waals surface area contributed by atoms with Gasteiger partial charge in [-0.15, -0.1) is 0 Å². The number of halogens is 1. The molecular weight excluding hydrogens is 272 g/mol. The highest BCUT2D eigenvalue weighted by molar-refractivity contribution is 6.30. The minimum atomic E-state index is 0.286. The van der Waals surface area contributed by atoms with Crippen molar-refractivity contribution in [2.75, 3.05) is 32.1 Å². The zero-order valence-electron chi connectivity index (χ0n) is 13.1. The Labute approximate surface area is 127 Å². The molecule has 2 rings (SSSR count). The fraction of sp³-hybridized carbons (Fsp3) is 0.733. The zero-order chi connectivity index (χ0) is 14.9. The molecule has 0 bridgehead atoms. The van der Waals surface area contributed by atoms with Crippen molar-refractivity contribution in [3.63, 3.8) is 0 Å². The Kier molecular flexibility index (Phi) is 4.86. The Morgan fingerprint density at radius 2 is 2.10 bits per heavy atom. The summed E-state index contributed by atoms with van der Waals surface area (Å²) in [5.74, 6) is 2.07. The lowest BCUT2D eigenvalue weighted by molar-refractivity contribution is 0.314. The number of hydrogen-bond donors (Lipinski definition) is 0. The van der Waals surface area contributed by atoms with Crippen LogP contribution in [0, 0.1) is 6.92 Å². The summed E-state index contributed by atoms with van der Waals surface area (Å²) < 4.78 is 0. The zero-order valence-corrected chi connectivity index (χ0v) is 13.9. The lowest BCUT2D eigenvalue weighted by atomic mass is 10.2. The van der Waals surface area contributed by atoms with E-state index >= 15 is 0 Å². The number of rotatable bonds is 4. The molecule has 1 aliphatic rings. The van der Waals surface area contributed by atoms with Crippen molar-refractivity contribution >= 4 is 17.4 Å². The number of aromatic nitrogens is 2. The lowest BCUT2D eigenvalue weighted by Gasteiger charge is -2.28. The Morgan fingerprint density at radius 3 is 2.65 bits per heavy atom. The van der Waals surface area contributed by atoms with Crippen LogP contribution in [0.1, 0.15) is 44.0 Å². The molecule has 1 aliphatic heterocycles. The topological polar surface area (TPSA) is 32.3 Å². The van der Waals surface area contributed by atoms with Gasteiger partial charge in [0.25, 0.3) is 0 Å². The first-order chi connectivity index (χ1) is 9.40. The fourth-order valence-corrected chi connectivity index (χ4v) is 2.91. The molecule has 0 N–H and O–H groups in total. The molecule has 0 radical (unpaired) electrons. The van der Waals surface area contributed by atoms with Crippen LogP contribution in [0.25, 0.3) is 0 Å². The maximum absolute atomic E-state index is 6.26. The minimum Gasteiger partial charge on any atom is -0.358 e. The van der Waals surface area contributed by atoms with Gasteiger partial charge in [-0.1, -0.05) is 25.4 Å². The largest absolute Gasteiger partial charge is 0.358 e. The molecule has 0 spiro atoms. The van der Waals surface area contributed by atoms with E-state index in [0.717, 1.165) is 23.8 Å². The number of likely N-dealkylation sites (N-methyl/N-ethyl adjacent to an activating group) is 2. The van der Waals surface area contributed by atoms with E-state index < -0.39 is 0 Å². The average molecular weight is 297 g/mol. The van der Waals surface area contributed by atoms with E-state index in [1.54, 1.807) is 0 Å². The second-order valence-corrected chi connectivity index (χ2v) is 6.49. The van der Waals surface area contributed by atoms with Gasteiger partial charge < -0.3 is 9.80 Å².